The molecular formula is C13H14N2O2. The van der Waals surface area contributed by atoms with Crippen molar-refractivity contribution in [1.29, 1.82) is 0 Å². The summed E-state index contributed by atoms with van der Waals surface area (Å²) >= 11 is 0. The van der Waals surface area contributed by atoms with Crippen molar-refractivity contribution in [2.45, 2.75) is 0 Å². The molecule has 0 saturated heterocycles. The van der Waals surface area contributed by atoms with Crippen molar-refractivity contribution >= 4 is 5.69 Å². The van der Waals surface area contributed by atoms with Crippen molar-refractivity contribution in [3.05, 3.63) is 46.9 Å². The minimum atomic E-state index is -0.190. The van der Waals surface area contributed by atoms with Gasteiger partial charge in [0.25, 0.3) is 5.56 Å². The number of nitrogen functional groups attached to an aromatic ring is 1. The minimum absolute atomic E-state index is 0.190. The lowest BCUT2D eigenvalue weighted by molar-refractivity contribution is 0.415. The van der Waals surface area contributed by atoms with E-state index in [2.05, 4.69) is 0 Å². The standard InChI is InChI=1S/C13H14N2O2/c1-15-7-6-11(12(14)13(15)16)9-4-3-5-10(8-9)17-2/h3-8H,14H2,1-2H3. The van der Waals surface area contributed by atoms with Crippen LogP contribution in [0.1, 0.15) is 0 Å². The number of aromatic nitrogens is 1. The molecule has 0 aliphatic carbocycles. The molecule has 0 spiro atoms. The van der Waals surface area contributed by atoms with E-state index >= 15 is 0 Å². The lowest BCUT2D eigenvalue weighted by Gasteiger charge is -2.08. The van der Waals surface area contributed by atoms with Crippen molar-refractivity contribution in [2.24, 2.45) is 7.05 Å². The molecule has 0 fully saturated rings. The SMILES string of the molecule is COc1cccc(-c2ccn(C)c(=O)c2N)c1. The summed E-state index contributed by atoms with van der Waals surface area (Å²) in [5.41, 5.74) is 7.50. The Morgan fingerprint density at radius 2 is 2.06 bits per heavy atom. The molecule has 2 N–H and O–H groups in total. The summed E-state index contributed by atoms with van der Waals surface area (Å²) in [5.74, 6) is 0.738. The van der Waals surface area contributed by atoms with E-state index in [9.17, 15) is 4.79 Å². The summed E-state index contributed by atoms with van der Waals surface area (Å²) in [7, 11) is 3.28. The molecule has 17 heavy (non-hydrogen) atoms. The molecule has 1 aromatic carbocycles. The number of hydrogen-bond acceptors (Lipinski definition) is 3. The van der Waals surface area contributed by atoms with Gasteiger partial charge < -0.3 is 15.0 Å². The first-order valence-electron chi connectivity index (χ1n) is 5.23. The molecule has 0 amide bonds. The Morgan fingerprint density at radius 1 is 1.29 bits per heavy atom. The number of rotatable bonds is 2. The highest BCUT2D eigenvalue weighted by Crippen LogP contribution is 2.26. The molecule has 4 heteroatoms. The van der Waals surface area contributed by atoms with E-state index in [-0.39, 0.29) is 11.2 Å². The zero-order valence-corrected chi connectivity index (χ0v) is 9.81. The molecule has 1 heterocycles. The monoisotopic (exact) mass is 230 g/mol. The summed E-state index contributed by atoms with van der Waals surface area (Å²) < 4.78 is 6.60. The second-order valence-corrected chi connectivity index (χ2v) is 3.79. The van der Waals surface area contributed by atoms with E-state index in [0.29, 0.717) is 0 Å². The predicted octanol–water partition coefficient (Wildman–Crippen LogP) is 1.64. The Labute approximate surface area is 99.3 Å². The van der Waals surface area contributed by atoms with E-state index in [4.69, 9.17) is 10.5 Å². The maximum Gasteiger partial charge on any atom is 0.274 e. The predicted molar refractivity (Wildman–Crippen MR) is 68.1 cm³/mol. The van der Waals surface area contributed by atoms with Crippen LogP contribution in [0, 0.1) is 0 Å². The molecule has 0 saturated carbocycles. The van der Waals surface area contributed by atoms with Crippen LogP contribution >= 0.6 is 0 Å². The zero-order chi connectivity index (χ0) is 12.4. The van der Waals surface area contributed by atoms with Gasteiger partial charge in [-0.3, -0.25) is 4.79 Å². The summed E-state index contributed by atoms with van der Waals surface area (Å²) in [5, 5.41) is 0. The van der Waals surface area contributed by atoms with Gasteiger partial charge in [-0.1, -0.05) is 12.1 Å². The molecule has 0 radical (unpaired) electrons. The van der Waals surface area contributed by atoms with Crippen molar-refractivity contribution in [2.75, 3.05) is 12.8 Å². The number of nitrogens with two attached hydrogens (primary N) is 1. The maximum atomic E-state index is 11.7. The molecule has 88 valence electrons. The molecule has 4 nitrogen and oxygen atoms in total. The number of aryl methyl sites for hydroxylation is 1. The first kappa shape index (κ1) is 11.3. The lowest BCUT2D eigenvalue weighted by Crippen LogP contribution is -2.20. The smallest absolute Gasteiger partial charge is 0.274 e. The van der Waals surface area contributed by atoms with E-state index in [1.807, 2.05) is 30.3 Å². The Balaban J connectivity index is 2.61. The Bertz CT molecular complexity index is 603. The van der Waals surface area contributed by atoms with Crippen LogP contribution in [0.25, 0.3) is 11.1 Å². The molecule has 0 bridgehead atoms. The van der Waals surface area contributed by atoms with Crippen molar-refractivity contribution in [1.82, 2.24) is 4.57 Å². The van der Waals surface area contributed by atoms with Gasteiger partial charge in [-0.2, -0.15) is 0 Å². The maximum absolute atomic E-state index is 11.7. The fourth-order valence-electron chi connectivity index (χ4n) is 1.69. The molecular weight excluding hydrogens is 216 g/mol. The Morgan fingerprint density at radius 3 is 2.76 bits per heavy atom. The number of hydrogen-bond donors (Lipinski definition) is 1. The number of methoxy groups -OCH3 is 1. The van der Waals surface area contributed by atoms with Crippen molar-refractivity contribution in [3.8, 4) is 16.9 Å². The average molecular weight is 230 g/mol. The van der Waals surface area contributed by atoms with Gasteiger partial charge in [0.2, 0.25) is 0 Å². The molecule has 2 rings (SSSR count). The Kier molecular flexibility index (Phi) is 2.87. The highest BCUT2D eigenvalue weighted by Gasteiger charge is 2.07. The van der Waals surface area contributed by atoms with E-state index in [1.165, 1.54) is 4.57 Å². The quantitative estimate of drug-likeness (QED) is 0.853. The van der Waals surface area contributed by atoms with Gasteiger partial charge in [-0.05, 0) is 23.8 Å². The first-order chi connectivity index (χ1) is 8.13. The lowest BCUT2D eigenvalue weighted by atomic mass is 10.1. The number of anilines is 1. The van der Waals surface area contributed by atoms with E-state index in [1.54, 1.807) is 20.4 Å². The van der Waals surface area contributed by atoms with Gasteiger partial charge in [0, 0.05) is 18.8 Å². The van der Waals surface area contributed by atoms with Crippen LogP contribution in [0.4, 0.5) is 5.69 Å². The highest BCUT2D eigenvalue weighted by molar-refractivity contribution is 5.76. The van der Waals surface area contributed by atoms with Gasteiger partial charge in [0.05, 0.1) is 7.11 Å². The second-order valence-electron chi connectivity index (χ2n) is 3.79. The molecule has 2 aromatic rings. The second kappa shape index (κ2) is 4.33. The number of nitrogens with zero attached hydrogens (tertiary/aromatic N) is 1. The van der Waals surface area contributed by atoms with Crippen molar-refractivity contribution in [3.63, 3.8) is 0 Å². The van der Waals surface area contributed by atoms with E-state index in [0.717, 1.165) is 16.9 Å². The largest absolute Gasteiger partial charge is 0.497 e. The fraction of sp³-hybridized carbons (Fsp3) is 0.154. The Hall–Kier alpha value is -2.23. The summed E-state index contributed by atoms with van der Waals surface area (Å²) in [6.07, 6.45) is 1.70. The van der Waals surface area contributed by atoms with Crippen LogP contribution in [-0.4, -0.2) is 11.7 Å². The van der Waals surface area contributed by atoms with Crippen LogP contribution < -0.4 is 16.0 Å². The molecule has 0 aliphatic heterocycles. The van der Waals surface area contributed by atoms with Crippen LogP contribution in [-0.2, 0) is 7.05 Å². The third kappa shape index (κ3) is 2.01. The first-order valence-corrected chi connectivity index (χ1v) is 5.23. The summed E-state index contributed by atoms with van der Waals surface area (Å²) in [6.45, 7) is 0. The number of ether oxygens (including phenoxy) is 1. The fourth-order valence-corrected chi connectivity index (χ4v) is 1.69. The molecule has 0 aliphatic rings. The van der Waals surface area contributed by atoms with Crippen LogP contribution in [0.3, 0.4) is 0 Å². The summed E-state index contributed by atoms with van der Waals surface area (Å²) in [6, 6.07) is 9.29. The third-order valence-electron chi connectivity index (χ3n) is 2.69. The zero-order valence-electron chi connectivity index (χ0n) is 9.81. The molecule has 1 aromatic heterocycles. The van der Waals surface area contributed by atoms with Gasteiger partial charge in [0.1, 0.15) is 11.4 Å². The van der Waals surface area contributed by atoms with Crippen LogP contribution in [0.2, 0.25) is 0 Å². The van der Waals surface area contributed by atoms with Crippen LogP contribution in [0.15, 0.2) is 41.3 Å². The molecule has 0 atom stereocenters. The molecule has 0 unspecified atom stereocenters. The van der Waals surface area contributed by atoms with Crippen molar-refractivity contribution < 1.29 is 4.74 Å². The van der Waals surface area contributed by atoms with Crippen LogP contribution in [0.5, 0.6) is 5.75 Å². The third-order valence-corrected chi connectivity index (χ3v) is 2.69. The van der Waals surface area contributed by atoms with Gasteiger partial charge in [-0.15, -0.1) is 0 Å². The van der Waals surface area contributed by atoms with Gasteiger partial charge in [-0.25, -0.2) is 0 Å². The average Bonchev–Trinajstić information content (AvgIpc) is 2.36. The highest BCUT2D eigenvalue weighted by atomic mass is 16.5. The van der Waals surface area contributed by atoms with Gasteiger partial charge in [0.15, 0.2) is 0 Å². The topological polar surface area (TPSA) is 57.2 Å². The number of pyridine rings is 1. The normalized spacial score (nSPS) is 10.2. The minimum Gasteiger partial charge on any atom is -0.497 e. The number of benzene rings is 1. The summed E-state index contributed by atoms with van der Waals surface area (Å²) in [4.78, 5) is 11.7. The van der Waals surface area contributed by atoms with E-state index < -0.39 is 0 Å². The van der Waals surface area contributed by atoms with Gasteiger partial charge >= 0.3 is 0 Å².